The van der Waals surface area contributed by atoms with Gasteiger partial charge in [-0.2, -0.15) is 5.26 Å². The molecule has 1 saturated heterocycles. The van der Waals surface area contributed by atoms with E-state index in [1.807, 2.05) is 0 Å². The number of rotatable bonds is 0. The second-order valence-corrected chi connectivity index (χ2v) is 3.03. The van der Waals surface area contributed by atoms with Crippen molar-refractivity contribution in [2.45, 2.75) is 39.7 Å². The Morgan fingerprint density at radius 1 is 1.45 bits per heavy atom. The second-order valence-electron chi connectivity index (χ2n) is 3.03. The zero-order chi connectivity index (χ0) is 8.69. The van der Waals surface area contributed by atoms with Crippen LogP contribution < -0.4 is 0 Å². The summed E-state index contributed by atoms with van der Waals surface area (Å²) >= 11 is 0. The molecule has 0 aromatic heterocycles. The molecule has 0 bridgehead atoms. The Morgan fingerprint density at radius 2 is 2.00 bits per heavy atom. The van der Waals surface area contributed by atoms with Crippen molar-refractivity contribution in [3.8, 4) is 6.07 Å². The van der Waals surface area contributed by atoms with Gasteiger partial charge in [0, 0.05) is 13.5 Å². The molecule has 2 atom stereocenters. The van der Waals surface area contributed by atoms with E-state index in [-0.39, 0.29) is 0 Å². The molecule has 2 unspecified atom stereocenters. The quantitative estimate of drug-likeness (QED) is 0.538. The van der Waals surface area contributed by atoms with Gasteiger partial charge in [0.15, 0.2) is 0 Å². The highest BCUT2D eigenvalue weighted by Crippen LogP contribution is 2.18. The van der Waals surface area contributed by atoms with Gasteiger partial charge in [0.05, 0.1) is 12.2 Å². The Labute approximate surface area is 69.2 Å². The van der Waals surface area contributed by atoms with E-state index in [0.717, 1.165) is 12.5 Å². The van der Waals surface area contributed by atoms with Crippen LogP contribution in [0.3, 0.4) is 0 Å². The first-order valence-corrected chi connectivity index (χ1v) is 4.13. The first-order valence-electron chi connectivity index (χ1n) is 4.13. The van der Waals surface area contributed by atoms with Crippen molar-refractivity contribution in [2.75, 3.05) is 6.61 Å². The number of hydrogen-bond donors (Lipinski definition) is 0. The summed E-state index contributed by atoms with van der Waals surface area (Å²) < 4.78 is 5.35. The summed E-state index contributed by atoms with van der Waals surface area (Å²) in [6.07, 6.45) is 3.02. The lowest BCUT2D eigenvalue weighted by atomic mass is 9.99. The lowest BCUT2D eigenvalue weighted by Crippen LogP contribution is -2.20. The van der Waals surface area contributed by atoms with Gasteiger partial charge in [-0.1, -0.05) is 6.92 Å². The normalized spacial score (nSPS) is 29.6. The van der Waals surface area contributed by atoms with Crippen LogP contribution in [0.2, 0.25) is 0 Å². The van der Waals surface area contributed by atoms with Crippen LogP contribution in [0.1, 0.15) is 33.6 Å². The largest absolute Gasteiger partial charge is 0.378 e. The molecule has 0 saturated carbocycles. The highest BCUT2D eigenvalue weighted by Gasteiger charge is 2.13. The van der Waals surface area contributed by atoms with Gasteiger partial charge in [0.25, 0.3) is 0 Å². The number of ether oxygens (including phenoxy) is 1. The Balaban J connectivity index is 0.000000292. The maximum Gasteiger partial charge on any atom is 0.0587 e. The van der Waals surface area contributed by atoms with Crippen LogP contribution >= 0.6 is 0 Å². The third-order valence-corrected chi connectivity index (χ3v) is 1.75. The molecule has 0 aliphatic carbocycles. The second kappa shape index (κ2) is 6.18. The minimum absolute atomic E-state index is 0.513. The van der Waals surface area contributed by atoms with E-state index in [1.165, 1.54) is 19.8 Å². The van der Waals surface area contributed by atoms with Gasteiger partial charge in [0.1, 0.15) is 0 Å². The number of hydrogen-bond acceptors (Lipinski definition) is 2. The first-order chi connectivity index (χ1) is 5.20. The van der Waals surface area contributed by atoms with E-state index < -0.39 is 0 Å². The van der Waals surface area contributed by atoms with Crippen LogP contribution in [0.5, 0.6) is 0 Å². The van der Waals surface area contributed by atoms with E-state index in [9.17, 15) is 0 Å². The summed E-state index contributed by atoms with van der Waals surface area (Å²) in [5.74, 6) is 0.888. The van der Waals surface area contributed by atoms with Crippen LogP contribution in [-0.4, -0.2) is 12.7 Å². The lowest BCUT2D eigenvalue weighted by Gasteiger charge is -2.23. The maximum atomic E-state index is 7.32. The van der Waals surface area contributed by atoms with Crippen LogP contribution in [0.15, 0.2) is 0 Å². The molecule has 2 heteroatoms. The zero-order valence-corrected chi connectivity index (χ0v) is 7.63. The Kier molecular flexibility index (Phi) is 5.87. The molecule has 1 aliphatic rings. The van der Waals surface area contributed by atoms with E-state index in [2.05, 4.69) is 13.8 Å². The van der Waals surface area contributed by atoms with Gasteiger partial charge in [-0.25, -0.2) is 0 Å². The minimum Gasteiger partial charge on any atom is -0.378 e. The molecule has 64 valence electrons. The van der Waals surface area contributed by atoms with Gasteiger partial charge in [0.2, 0.25) is 0 Å². The van der Waals surface area contributed by atoms with Crippen molar-refractivity contribution in [1.29, 1.82) is 5.26 Å². The van der Waals surface area contributed by atoms with Crippen molar-refractivity contribution >= 4 is 0 Å². The summed E-state index contributed by atoms with van der Waals surface area (Å²) in [6.45, 7) is 6.84. The molecule has 11 heavy (non-hydrogen) atoms. The molecule has 0 aromatic rings. The third-order valence-electron chi connectivity index (χ3n) is 1.75. The van der Waals surface area contributed by atoms with Crippen LogP contribution in [0, 0.1) is 17.2 Å². The monoisotopic (exact) mass is 155 g/mol. The summed E-state index contributed by atoms with van der Waals surface area (Å²) in [5, 5.41) is 7.32. The highest BCUT2D eigenvalue weighted by molar-refractivity contribution is 4.63. The summed E-state index contributed by atoms with van der Waals surface area (Å²) in [5.41, 5.74) is 0. The molecule has 0 aromatic carbocycles. The maximum absolute atomic E-state index is 7.32. The van der Waals surface area contributed by atoms with Gasteiger partial charge in [-0.15, -0.1) is 0 Å². The van der Waals surface area contributed by atoms with Crippen molar-refractivity contribution in [3.05, 3.63) is 0 Å². The first kappa shape index (κ1) is 10.4. The topological polar surface area (TPSA) is 33.0 Å². The third kappa shape index (κ3) is 5.87. The van der Waals surface area contributed by atoms with E-state index in [1.54, 1.807) is 6.07 Å². The molecular weight excluding hydrogens is 138 g/mol. The van der Waals surface area contributed by atoms with Crippen molar-refractivity contribution < 1.29 is 4.74 Å². The minimum atomic E-state index is 0.513. The fourth-order valence-electron chi connectivity index (χ4n) is 1.22. The summed E-state index contributed by atoms with van der Waals surface area (Å²) in [4.78, 5) is 0. The average Bonchev–Trinajstić information content (AvgIpc) is 1.88. The molecule has 0 radical (unpaired) electrons. The number of nitriles is 1. The standard InChI is InChI=1S/C7H14O.C2H3N/c1-6-3-4-8-7(2)5-6;1-2-3/h6-7H,3-5H2,1-2H3;1H3. The predicted molar refractivity (Wildman–Crippen MR) is 45.1 cm³/mol. The van der Waals surface area contributed by atoms with Crippen molar-refractivity contribution in [1.82, 2.24) is 0 Å². The van der Waals surface area contributed by atoms with E-state index >= 15 is 0 Å². The van der Waals surface area contributed by atoms with Gasteiger partial charge < -0.3 is 4.74 Å². The molecule has 1 heterocycles. The fourth-order valence-corrected chi connectivity index (χ4v) is 1.22. The fraction of sp³-hybridized carbons (Fsp3) is 0.889. The highest BCUT2D eigenvalue weighted by atomic mass is 16.5. The zero-order valence-electron chi connectivity index (χ0n) is 7.63. The van der Waals surface area contributed by atoms with E-state index in [4.69, 9.17) is 10.00 Å². The Morgan fingerprint density at radius 3 is 2.27 bits per heavy atom. The van der Waals surface area contributed by atoms with Crippen LogP contribution in [0.25, 0.3) is 0 Å². The van der Waals surface area contributed by atoms with Crippen molar-refractivity contribution in [2.24, 2.45) is 5.92 Å². The molecule has 0 amide bonds. The van der Waals surface area contributed by atoms with E-state index in [0.29, 0.717) is 6.10 Å². The summed E-state index contributed by atoms with van der Waals surface area (Å²) in [7, 11) is 0. The molecule has 0 N–H and O–H groups in total. The molecule has 1 rings (SSSR count). The van der Waals surface area contributed by atoms with Gasteiger partial charge in [-0.05, 0) is 25.7 Å². The van der Waals surface area contributed by atoms with Crippen LogP contribution in [-0.2, 0) is 4.74 Å². The van der Waals surface area contributed by atoms with Gasteiger partial charge in [-0.3, -0.25) is 0 Å². The van der Waals surface area contributed by atoms with Crippen LogP contribution in [0.4, 0.5) is 0 Å². The molecular formula is C9H17NO. The smallest absolute Gasteiger partial charge is 0.0587 e. The Hall–Kier alpha value is -0.550. The molecule has 2 nitrogen and oxygen atoms in total. The number of nitrogens with zero attached hydrogens (tertiary/aromatic N) is 1. The van der Waals surface area contributed by atoms with Crippen molar-refractivity contribution in [3.63, 3.8) is 0 Å². The SMILES string of the molecule is CC#N.CC1CCOC(C)C1. The summed E-state index contributed by atoms with van der Waals surface area (Å²) in [6, 6.07) is 1.75. The Bertz CT molecular complexity index is 120. The van der Waals surface area contributed by atoms with Gasteiger partial charge >= 0.3 is 0 Å². The molecule has 1 aliphatic heterocycles. The lowest BCUT2D eigenvalue weighted by molar-refractivity contribution is 0.00682. The predicted octanol–water partition coefficient (Wildman–Crippen LogP) is 2.35. The molecule has 1 fully saturated rings. The average molecular weight is 155 g/mol. The molecule has 0 spiro atoms.